The molecule has 1 aromatic rings. The SMILES string of the molecule is C=C[C@H](C)[C@H](CC)N(CC(=O)OC)Cc1ccccc1. The van der Waals surface area contributed by atoms with Crippen LogP contribution in [-0.4, -0.2) is 30.6 Å². The molecule has 0 fully saturated rings. The van der Waals surface area contributed by atoms with Gasteiger partial charge in [-0.2, -0.15) is 0 Å². The van der Waals surface area contributed by atoms with Gasteiger partial charge in [0.2, 0.25) is 0 Å². The van der Waals surface area contributed by atoms with Crippen molar-refractivity contribution in [3.8, 4) is 0 Å². The summed E-state index contributed by atoms with van der Waals surface area (Å²) in [7, 11) is 1.43. The van der Waals surface area contributed by atoms with Crippen LogP contribution < -0.4 is 0 Å². The molecule has 0 heterocycles. The molecule has 2 atom stereocenters. The summed E-state index contributed by atoms with van der Waals surface area (Å²) in [6, 6.07) is 10.5. The Balaban J connectivity index is 2.88. The summed E-state index contributed by atoms with van der Waals surface area (Å²) in [6.07, 6.45) is 2.92. The van der Waals surface area contributed by atoms with Crippen LogP contribution in [0, 0.1) is 5.92 Å². The quantitative estimate of drug-likeness (QED) is 0.539. The van der Waals surface area contributed by atoms with Gasteiger partial charge in [-0.05, 0) is 17.9 Å². The van der Waals surface area contributed by atoms with Gasteiger partial charge in [-0.3, -0.25) is 9.69 Å². The first-order valence-electron chi connectivity index (χ1n) is 7.09. The van der Waals surface area contributed by atoms with E-state index in [1.165, 1.54) is 12.7 Å². The second kappa shape index (κ2) is 8.54. The van der Waals surface area contributed by atoms with E-state index in [9.17, 15) is 4.79 Å². The lowest BCUT2D eigenvalue weighted by atomic mass is 9.97. The average Bonchev–Trinajstić information content (AvgIpc) is 2.48. The monoisotopic (exact) mass is 275 g/mol. The van der Waals surface area contributed by atoms with Crippen molar-refractivity contribution in [1.29, 1.82) is 0 Å². The first kappa shape index (κ1) is 16.4. The first-order valence-corrected chi connectivity index (χ1v) is 7.09. The first-order chi connectivity index (χ1) is 9.62. The van der Waals surface area contributed by atoms with Crippen LogP contribution >= 0.6 is 0 Å². The van der Waals surface area contributed by atoms with Crippen LogP contribution in [-0.2, 0) is 16.1 Å². The number of ether oxygens (including phenoxy) is 1. The van der Waals surface area contributed by atoms with E-state index >= 15 is 0 Å². The summed E-state index contributed by atoms with van der Waals surface area (Å²) >= 11 is 0. The van der Waals surface area contributed by atoms with E-state index < -0.39 is 0 Å². The van der Waals surface area contributed by atoms with Crippen molar-refractivity contribution in [2.24, 2.45) is 5.92 Å². The van der Waals surface area contributed by atoms with Gasteiger partial charge in [0.15, 0.2) is 0 Å². The van der Waals surface area contributed by atoms with E-state index in [0.717, 1.165) is 13.0 Å². The zero-order valence-corrected chi connectivity index (χ0v) is 12.7. The molecule has 0 aromatic heterocycles. The number of carbonyl (C=O) groups is 1. The highest BCUT2D eigenvalue weighted by atomic mass is 16.5. The van der Waals surface area contributed by atoms with Crippen molar-refractivity contribution >= 4 is 5.97 Å². The number of benzene rings is 1. The second-order valence-electron chi connectivity index (χ2n) is 5.04. The van der Waals surface area contributed by atoms with E-state index in [1.807, 2.05) is 24.3 Å². The lowest BCUT2D eigenvalue weighted by Crippen LogP contribution is -2.41. The Morgan fingerprint density at radius 3 is 2.55 bits per heavy atom. The van der Waals surface area contributed by atoms with Gasteiger partial charge in [-0.15, -0.1) is 6.58 Å². The Kier molecular flexibility index (Phi) is 7.02. The molecule has 3 heteroatoms. The minimum absolute atomic E-state index is 0.198. The van der Waals surface area contributed by atoms with Gasteiger partial charge >= 0.3 is 5.97 Å². The molecular weight excluding hydrogens is 250 g/mol. The maximum Gasteiger partial charge on any atom is 0.319 e. The molecule has 0 N–H and O–H groups in total. The van der Waals surface area contributed by atoms with Gasteiger partial charge in [0.05, 0.1) is 13.7 Å². The predicted molar refractivity (Wildman–Crippen MR) is 82.3 cm³/mol. The molecule has 0 aliphatic heterocycles. The minimum atomic E-state index is -0.198. The summed E-state index contributed by atoms with van der Waals surface area (Å²) in [5.41, 5.74) is 1.20. The Morgan fingerprint density at radius 1 is 1.40 bits per heavy atom. The summed E-state index contributed by atoms with van der Waals surface area (Å²) in [5, 5.41) is 0. The molecule has 3 nitrogen and oxygen atoms in total. The third-order valence-corrected chi connectivity index (χ3v) is 3.65. The molecule has 20 heavy (non-hydrogen) atoms. The fourth-order valence-corrected chi connectivity index (χ4v) is 2.46. The van der Waals surface area contributed by atoms with Crippen molar-refractivity contribution in [2.45, 2.75) is 32.9 Å². The molecular formula is C17H25NO2. The van der Waals surface area contributed by atoms with Crippen molar-refractivity contribution in [3.05, 3.63) is 48.6 Å². The summed E-state index contributed by atoms with van der Waals surface area (Å²) in [5.74, 6) is 0.129. The highest BCUT2D eigenvalue weighted by molar-refractivity contribution is 5.71. The van der Waals surface area contributed by atoms with Crippen LogP contribution in [0.25, 0.3) is 0 Å². The van der Waals surface area contributed by atoms with Gasteiger partial charge in [0.25, 0.3) is 0 Å². The molecule has 0 bridgehead atoms. The van der Waals surface area contributed by atoms with Crippen LogP contribution in [0.2, 0.25) is 0 Å². The number of hydrogen-bond donors (Lipinski definition) is 0. The lowest BCUT2D eigenvalue weighted by Gasteiger charge is -2.33. The molecule has 0 aliphatic rings. The highest BCUT2D eigenvalue weighted by Gasteiger charge is 2.23. The Labute approximate surface area is 122 Å². The smallest absolute Gasteiger partial charge is 0.319 e. The molecule has 0 unspecified atom stereocenters. The normalized spacial score (nSPS) is 13.8. The number of esters is 1. The van der Waals surface area contributed by atoms with E-state index in [-0.39, 0.29) is 12.0 Å². The van der Waals surface area contributed by atoms with Crippen LogP contribution in [0.1, 0.15) is 25.8 Å². The third-order valence-electron chi connectivity index (χ3n) is 3.65. The molecule has 0 saturated heterocycles. The second-order valence-corrected chi connectivity index (χ2v) is 5.04. The van der Waals surface area contributed by atoms with Gasteiger partial charge in [0, 0.05) is 12.6 Å². The number of carbonyl (C=O) groups excluding carboxylic acids is 1. The predicted octanol–water partition coefficient (Wildman–Crippen LogP) is 3.26. The maximum absolute atomic E-state index is 11.7. The van der Waals surface area contributed by atoms with E-state index in [1.54, 1.807) is 0 Å². The minimum Gasteiger partial charge on any atom is -0.468 e. The number of nitrogens with zero attached hydrogens (tertiary/aromatic N) is 1. The number of hydrogen-bond acceptors (Lipinski definition) is 3. The highest BCUT2D eigenvalue weighted by Crippen LogP contribution is 2.18. The zero-order chi connectivity index (χ0) is 15.0. The Bertz CT molecular complexity index is 416. The fourth-order valence-electron chi connectivity index (χ4n) is 2.46. The molecule has 1 rings (SSSR count). The molecule has 0 amide bonds. The largest absolute Gasteiger partial charge is 0.468 e. The molecule has 0 radical (unpaired) electrons. The third kappa shape index (κ3) is 4.82. The molecule has 0 aliphatic carbocycles. The Hall–Kier alpha value is -1.61. The van der Waals surface area contributed by atoms with Crippen molar-refractivity contribution < 1.29 is 9.53 Å². The fraction of sp³-hybridized carbons (Fsp3) is 0.471. The van der Waals surface area contributed by atoms with E-state index in [4.69, 9.17) is 4.74 Å². The van der Waals surface area contributed by atoms with Crippen molar-refractivity contribution in [3.63, 3.8) is 0 Å². The molecule has 1 aromatic carbocycles. The van der Waals surface area contributed by atoms with E-state index in [2.05, 4.69) is 37.5 Å². The lowest BCUT2D eigenvalue weighted by molar-refractivity contribution is -0.143. The summed E-state index contributed by atoms with van der Waals surface area (Å²) < 4.78 is 4.82. The van der Waals surface area contributed by atoms with Crippen LogP contribution in [0.4, 0.5) is 0 Å². The van der Waals surface area contributed by atoms with Crippen molar-refractivity contribution in [2.75, 3.05) is 13.7 Å². The molecule has 0 saturated carbocycles. The van der Waals surface area contributed by atoms with Crippen molar-refractivity contribution in [1.82, 2.24) is 4.90 Å². The summed E-state index contributed by atoms with van der Waals surface area (Å²) in [6.45, 7) is 9.20. The zero-order valence-electron chi connectivity index (χ0n) is 12.7. The topological polar surface area (TPSA) is 29.5 Å². The van der Waals surface area contributed by atoms with Crippen LogP contribution in [0.5, 0.6) is 0 Å². The van der Waals surface area contributed by atoms with E-state index in [0.29, 0.717) is 12.5 Å². The molecule has 0 spiro atoms. The van der Waals surface area contributed by atoms with Gasteiger partial charge in [0.1, 0.15) is 0 Å². The van der Waals surface area contributed by atoms with Crippen LogP contribution in [0.15, 0.2) is 43.0 Å². The summed E-state index contributed by atoms with van der Waals surface area (Å²) in [4.78, 5) is 13.8. The average molecular weight is 275 g/mol. The van der Waals surface area contributed by atoms with Gasteiger partial charge in [-0.25, -0.2) is 0 Å². The maximum atomic E-state index is 11.7. The number of methoxy groups -OCH3 is 1. The van der Waals surface area contributed by atoms with Gasteiger partial charge in [-0.1, -0.05) is 50.3 Å². The molecule has 110 valence electrons. The van der Waals surface area contributed by atoms with Gasteiger partial charge < -0.3 is 4.74 Å². The Morgan fingerprint density at radius 2 is 2.05 bits per heavy atom. The number of rotatable bonds is 8. The van der Waals surface area contributed by atoms with Crippen LogP contribution in [0.3, 0.4) is 0 Å². The standard InChI is InChI=1S/C17H25NO2/c1-5-14(3)16(6-2)18(13-17(19)20-4)12-15-10-8-7-9-11-15/h5,7-11,14,16H,1,6,12-13H2,2-4H3/t14-,16-/m0/s1.